The molecule has 3 rings (SSSR count). The van der Waals surface area contributed by atoms with Crippen molar-refractivity contribution in [3.05, 3.63) is 53.3 Å². The second kappa shape index (κ2) is 5.56. The highest BCUT2D eigenvalue weighted by molar-refractivity contribution is 6.03. The van der Waals surface area contributed by atoms with Crippen LogP contribution in [0.4, 0.5) is 11.4 Å². The van der Waals surface area contributed by atoms with Crippen molar-refractivity contribution >= 4 is 17.3 Å². The quantitative estimate of drug-likeness (QED) is 0.901. The summed E-state index contributed by atoms with van der Waals surface area (Å²) in [5, 5.41) is 6.26. The molecule has 0 radical (unpaired) electrons. The van der Waals surface area contributed by atoms with Crippen LogP contribution in [-0.4, -0.2) is 16.9 Å². The van der Waals surface area contributed by atoms with Crippen LogP contribution in [0.2, 0.25) is 0 Å². The Balaban J connectivity index is 1.69. The molecule has 0 saturated heterocycles. The number of pyridine rings is 1. The third-order valence-electron chi connectivity index (χ3n) is 3.57. The molecule has 0 unspecified atom stereocenters. The molecule has 0 aliphatic heterocycles. The number of carbonyl (C=O) groups excluding carboxylic acids is 1. The molecule has 21 heavy (non-hydrogen) atoms. The summed E-state index contributed by atoms with van der Waals surface area (Å²) in [5.74, 6) is -0.181. The van der Waals surface area contributed by atoms with Gasteiger partial charge in [0, 0.05) is 11.7 Å². The molecule has 1 aliphatic rings. The summed E-state index contributed by atoms with van der Waals surface area (Å²) in [5.41, 5.74) is 4.46. The second-order valence-corrected chi connectivity index (χ2v) is 5.62. The zero-order valence-electron chi connectivity index (χ0n) is 12.3. The maximum atomic E-state index is 12.2. The first-order valence-corrected chi connectivity index (χ1v) is 7.23. The van der Waals surface area contributed by atoms with Crippen molar-refractivity contribution < 1.29 is 4.79 Å². The molecular weight excluding hydrogens is 262 g/mol. The third-order valence-corrected chi connectivity index (χ3v) is 3.57. The van der Waals surface area contributed by atoms with Gasteiger partial charge in [-0.2, -0.15) is 0 Å². The van der Waals surface area contributed by atoms with Gasteiger partial charge in [0.1, 0.15) is 5.69 Å². The van der Waals surface area contributed by atoms with Gasteiger partial charge in [-0.1, -0.05) is 17.7 Å². The van der Waals surface area contributed by atoms with Crippen LogP contribution >= 0.6 is 0 Å². The zero-order chi connectivity index (χ0) is 14.8. The molecule has 1 aromatic heterocycles. The molecule has 4 nitrogen and oxygen atoms in total. The molecule has 0 spiro atoms. The average Bonchev–Trinajstić information content (AvgIpc) is 3.26. The number of anilines is 2. The number of amides is 1. The number of benzene rings is 1. The molecule has 2 aromatic rings. The SMILES string of the molecule is Cc1ccc(NC(=O)c2ccc(NC3CC3)cn2)c(C)c1. The Labute approximate surface area is 124 Å². The first-order chi connectivity index (χ1) is 10.1. The third kappa shape index (κ3) is 3.40. The summed E-state index contributed by atoms with van der Waals surface area (Å²) in [4.78, 5) is 16.4. The predicted octanol–water partition coefficient (Wildman–Crippen LogP) is 3.53. The Bertz CT molecular complexity index is 660. The van der Waals surface area contributed by atoms with E-state index < -0.39 is 0 Å². The van der Waals surface area contributed by atoms with Crippen molar-refractivity contribution in [2.75, 3.05) is 10.6 Å². The highest BCUT2D eigenvalue weighted by Crippen LogP contribution is 2.24. The Hall–Kier alpha value is -2.36. The molecule has 1 amide bonds. The molecule has 1 heterocycles. The molecule has 1 saturated carbocycles. The van der Waals surface area contributed by atoms with E-state index in [4.69, 9.17) is 0 Å². The van der Waals surface area contributed by atoms with E-state index in [-0.39, 0.29) is 5.91 Å². The van der Waals surface area contributed by atoms with Crippen molar-refractivity contribution in [3.63, 3.8) is 0 Å². The molecule has 1 aliphatic carbocycles. The Kier molecular flexibility index (Phi) is 3.60. The minimum absolute atomic E-state index is 0.181. The van der Waals surface area contributed by atoms with E-state index in [9.17, 15) is 4.79 Å². The number of aromatic nitrogens is 1. The van der Waals surface area contributed by atoms with Gasteiger partial charge in [0.2, 0.25) is 0 Å². The number of carbonyl (C=O) groups is 1. The lowest BCUT2D eigenvalue weighted by Gasteiger charge is -2.09. The summed E-state index contributed by atoms with van der Waals surface area (Å²) in [6, 6.07) is 10.2. The van der Waals surface area contributed by atoms with Crippen LogP contribution in [0.5, 0.6) is 0 Å². The first-order valence-electron chi connectivity index (χ1n) is 7.23. The Morgan fingerprint density at radius 1 is 1.19 bits per heavy atom. The average molecular weight is 281 g/mol. The number of hydrogen-bond donors (Lipinski definition) is 2. The van der Waals surface area contributed by atoms with E-state index >= 15 is 0 Å². The summed E-state index contributed by atoms with van der Waals surface area (Å²) in [6.45, 7) is 4.02. The highest BCUT2D eigenvalue weighted by atomic mass is 16.1. The summed E-state index contributed by atoms with van der Waals surface area (Å²) in [7, 11) is 0. The van der Waals surface area contributed by atoms with Gasteiger partial charge in [-0.25, -0.2) is 4.98 Å². The lowest BCUT2D eigenvalue weighted by atomic mass is 10.1. The van der Waals surface area contributed by atoms with Crippen molar-refractivity contribution in [3.8, 4) is 0 Å². The standard InChI is InChI=1S/C17H19N3O/c1-11-3-7-15(12(2)9-11)20-17(21)16-8-6-14(10-18-16)19-13-4-5-13/h3,6-10,13,19H,4-5H2,1-2H3,(H,20,21). The molecule has 108 valence electrons. The monoisotopic (exact) mass is 281 g/mol. The summed E-state index contributed by atoms with van der Waals surface area (Å²) < 4.78 is 0. The van der Waals surface area contributed by atoms with Crippen LogP contribution in [0.1, 0.15) is 34.5 Å². The Morgan fingerprint density at radius 3 is 2.62 bits per heavy atom. The van der Waals surface area contributed by atoms with E-state index in [2.05, 4.69) is 15.6 Å². The number of nitrogens with one attached hydrogen (secondary N) is 2. The van der Waals surface area contributed by atoms with Gasteiger partial charge < -0.3 is 10.6 Å². The molecule has 2 N–H and O–H groups in total. The normalized spacial score (nSPS) is 13.8. The van der Waals surface area contributed by atoms with E-state index in [1.54, 1.807) is 12.3 Å². The number of rotatable bonds is 4. The number of nitrogens with zero attached hydrogens (tertiary/aromatic N) is 1. The fourth-order valence-corrected chi connectivity index (χ4v) is 2.22. The van der Waals surface area contributed by atoms with Crippen LogP contribution in [0, 0.1) is 13.8 Å². The maximum absolute atomic E-state index is 12.2. The minimum Gasteiger partial charge on any atom is -0.381 e. The van der Waals surface area contributed by atoms with Gasteiger partial charge in [0.25, 0.3) is 5.91 Å². The van der Waals surface area contributed by atoms with E-state index in [0.29, 0.717) is 11.7 Å². The minimum atomic E-state index is -0.181. The smallest absolute Gasteiger partial charge is 0.274 e. The molecule has 4 heteroatoms. The lowest BCUT2D eigenvalue weighted by molar-refractivity contribution is 0.102. The van der Waals surface area contributed by atoms with Crippen molar-refractivity contribution in [1.29, 1.82) is 0 Å². The van der Waals surface area contributed by atoms with Gasteiger partial charge >= 0.3 is 0 Å². The lowest BCUT2D eigenvalue weighted by Crippen LogP contribution is -2.14. The molecule has 0 bridgehead atoms. The van der Waals surface area contributed by atoms with Gasteiger partial charge in [-0.3, -0.25) is 4.79 Å². The highest BCUT2D eigenvalue weighted by Gasteiger charge is 2.20. The van der Waals surface area contributed by atoms with Crippen LogP contribution < -0.4 is 10.6 Å². The van der Waals surface area contributed by atoms with E-state index in [0.717, 1.165) is 16.9 Å². The van der Waals surface area contributed by atoms with Crippen LogP contribution in [0.3, 0.4) is 0 Å². The fraction of sp³-hybridized carbons (Fsp3) is 0.294. The van der Waals surface area contributed by atoms with Crippen LogP contribution in [0.25, 0.3) is 0 Å². The Morgan fingerprint density at radius 2 is 2.00 bits per heavy atom. The molecule has 1 fully saturated rings. The number of hydrogen-bond acceptors (Lipinski definition) is 3. The summed E-state index contributed by atoms with van der Waals surface area (Å²) >= 11 is 0. The van der Waals surface area contributed by atoms with E-state index in [1.807, 2.05) is 38.1 Å². The first kappa shape index (κ1) is 13.6. The predicted molar refractivity (Wildman–Crippen MR) is 84.8 cm³/mol. The van der Waals surface area contributed by atoms with Crippen LogP contribution in [0.15, 0.2) is 36.5 Å². The molecule has 0 atom stereocenters. The topological polar surface area (TPSA) is 54.0 Å². The van der Waals surface area contributed by atoms with Gasteiger partial charge in [-0.05, 0) is 50.5 Å². The van der Waals surface area contributed by atoms with Crippen molar-refractivity contribution in [2.24, 2.45) is 0 Å². The number of aryl methyl sites for hydroxylation is 2. The second-order valence-electron chi connectivity index (χ2n) is 5.62. The van der Waals surface area contributed by atoms with Crippen molar-refractivity contribution in [2.45, 2.75) is 32.7 Å². The largest absolute Gasteiger partial charge is 0.381 e. The van der Waals surface area contributed by atoms with Gasteiger partial charge in [0.05, 0.1) is 11.9 Å². The van der Waals surface area contributed by atoms with Gasteiger partial charge in [-0.15, -0.1) is 0 Å². The zero-order valence-corrected chi connectivity index (χ0v) is 12.3. The molecule has 1 aromatic carbocycles. The van der Waals surface area contributed by atoms with Crippen molar-refractivity contribution in [1.82, 2.24) is 4.98 Å². The van der Waals surface area contributed by atoms with Gasteiger partial charge in [0.15, 0.2) is 0 Å². The van der Waals surface area contributed by atoms with Crippen LogP contribution in [-0.2, 0) is 0 Å². The van der Waals surface area contributed by atoms with E-state index in [1.165, 1.54) is 18.4 Å². The maximum Gasteiger partial charge on any atom is 0.274 e. The molecular formula is C17H19N3O. The summed E-state index contributed by atoms with van der Waals surface area (Å²) in [6.07, 6.45) is 4.15. The fourth-order valence-electron chi connectivity index (χ4n) is 2.22.